The summed E-state index contributed by atoms with van der Waals surface area (Å²) < 4.78 is 7.60. The van der Waals surface area contributed by atoms with Crippen LogP contribution in [0.3, 0.4) is 0 Å². The van der Waals surface area contributed by atoms with Gasteiger partial charge in [-0.1, -0.05) is 0 Å². The number of ether oxygens (including phenoxy) is 1. The van der Waals surface area contributed by atoms with E-state index in [1.54, 1.807) is 0 Å². The van der Waals surface area contributed by atoms with Gasteiger partial charge in [0.1, 0.15) is 5.75 Å². The summed E-state index contributed by atoms with van der Waals surface area (Å²) in [7, 11) is 1.96. The van der Waals surface area contributed by atoms with Crippen LogP contribution in [0.5, 0.6) is 5.75 Å². The van der Waals surface area contributed by atoms with Crippen molar-refractivity contribution in [2.45, 2.75) is 39.8 Å². The molecule has 1 N–H and O–H groups in total. The van der Waals surface area contributed by atoms with Crippen molar-refractivity contribution in [2.24, 2.45) is 7.05 Å². The summed E-state index contributed by atoms with van der Waals surface area (Å²) in [5.41, 5.74) is 3.46. The van der Waals surface area contributed by atoms with E-state index in [4.69, 9.17) is 4.74 Å². The van der Waals surface area contributed by atoms with Crippen molar-refractivity contribution in [2.75, 3.05) is 5.32 Å². The summed E-state index contributed by atoms with van der Waals surface area (Å²) >= 11 is 0. The summed E-state index contributed by atoms with van der Waals surface area (Å²) in [6, 6.07) is 8.38. The van der Waals surface area contributed by atoms with Crippen molar-refractivity contribution in [1.29, 1.82) is 0 Å². The first-order chi connectivity index (χ1) is 9.47. The van der Waals surface area contributed by atoms with Gasteiger partial charge in [0.25, 0.3) is 0 Å². The zero-order valence-corrected chi connectivity index (χ0v) is 12.8. The van der Waals surface area contributed by atoms with Gasteiger partial charge in [-0.15, -0.1) is 0 Å². The second-order valence-electron chi connectivity index (χ2n) is 5.39. The third-order valence-corrected chi connectivity index (χ3v) is 3.24. The highest BCUT2D eigenvalue weighted by Crippen LogP contribution is 2.25. The Morgan fingerprint density at radius 3 is 2.50 bits per heavy atom. The lowest BCUT2D eigenvalue weighted by Gasteiger charge is -2.18. The molecule has 0 radical (unpaired) electrons. The van der Waals surface area contributed by atoms with Gasteiger partial charge in [0.15, 0.2) is 0 Å². The minimum absolute atomic E-state index is 0.196. The van der Waals surface area contributed by atoms with Crippen LogP contribution in [-0.2, 0) is 7.05 Å². The van der Waals surface area contributed by atoms with E-state index in [9.17, 15) is 0 Å². The molecule has 1 aromatic heterocycles. The fourth-order valence-electron chi connectivity index (χ4n) is 2.26. The lowest BCUT2D eigenvalue weighted by atomic mass is 10.1. The summed E-state index contributed by atoms with van der Waals surface area (Å²) in [6.07, 6.45) is 2.02. The van der Waals surface area contributed by atoms with Gasteiger partial charge in [-0.2, -0.15) is 5.10 Å². The number of benzene rings is 1. The van der Waals surface area contributed by atoms with Crippen LogP contribution < -0.4 is 10.1 Å². The van der Waals surface area contributed by atoms with Gasteiger partial charge in [-0.05, 0) is 57.5 Å². The molecule has 4 nitrogen and oxygen atoms in total. The third-order valence-electron chi connectivity index (χ3n) is 3.24. The summed E-state index contributed by atoms with van der Waals surface area (Å²) in [4.78, 5) is 0. The number of aryl methyl sites for hydroxylation is 2. The Bertz CT molecular complexity index is 575. The highest BCUT2D eigenvalue weighted by Gasteiger charge is 2.11. The van der Waals surface area contributed by atoms with Crippen LogP contribution in [0.2, 0.25) is 0 Å². The molecule has 0 bridgehead atoms. The van der Waals surface area contributed by atoms with Crippen LogP contribution in [0.15, 0.2) is 30.5 Å². The van der Waals surface area contributed by atoms with Gasteiger partial charge in [-0.3, -0.25) is 4.68 Å². The monoisotopic (exact) mass is 273 g/mol. The van der Waals surface area contributed by atoms with E-state index in [0.717, 1.165) is 17.1 Å². The maximum absolute atomic E-state index is 5.70. The maximum atomic E-state index is 5.70. The zero-order valence-electron chi connectivity index (χ0n) is 12.8. The Labute approximate surface area is 120 Å². The predicted molar refractivity (Wildman–Crippen MR) is 82.2 cm³/mol. The van der Waals surface area contributed by atoms with Gasteiger partial charge in [0.2, 0.25) is 0 Å². The number of aromatic nitrogens is 2. The normalized spacial score (nSPS) is 12.5. The Balaban J connectivity index is 2.12. The first-order valence-electron chi connectivity index (χ1n) is 6.99. The average Bonchev–Trinajstić information content (AvgIpc) is 2.78. The van der Waals surface area contributed by atoms with Gasteiger partial charge < -0.3 is 10.1 Å². The number of rotatable bonds is 5. The standard InChI is InChI=1S/C16H23N3O/c1-11(2)20-14-6-7-15(12(3)10-14)18-13(4)16-8-9-17-19(16)5/h6-11,13,18H,1-5H3. The molecule has 1 aromatic carbocycles. The quantitative estimate of drug-likeness (QED) is 0.903. The second kappa shape index (κ2) is 5.99. The molecule has 20 heavy (non-hydrogen) atoms. The number of nitrogens with one attached hydrogen (secondary N) is 1. The summed E-state index contributed by atoms with van der Waals surface area (Å²) in [6.45, 7) is 8.29. The minimum Gasteiger partial charge on any atom is -0.491 e. The largest absolute Gasteiger partial charge is 0.491 e. The molecule has 0 aliphatic heterocycles. The molecule has 1 heterocycles. The van der Waals surface area contributed by atoms with Gasteiger partial charge >= 0.3 is 0 Å². The predicted octanol–water partition coefficient (Wildman–Crippen LogP) is 3.69. The maximum Gasteiger partial charge on any atom is 0.120 e. The SMILES string of the molecule is Cc1cc(OC(C)C)ccc1NC(C)c1ccnn1C. The molecule has 2 aromatic rings. The summed E-state index contributed by atoms with van der Waals surface area (Å²) in [5, 5.41) is 7.72. The lowest BCUT2D eigenvalue weighted by molar-refractivity contribution is 0.242. The first-order valence-corrected chi connectivity index (χ1v) is 6.99. The van der Waals surface area contributed by atoms with Gasteiger partial charge in [0, 0.05) is 18.9 Å². The van der Waals surface area contributed by atoms with Gasteiger partial charge in [-0.25, -0.2) is 0 Å². The Morgan fingerprint density at radius 2 is 1.95 bits per heavy atom. The van der Waals surface area contributed by atoms with Crippen LogP contribution >= 0.6 is 0 Å². The van der Waals surface area contributed by atoms with E-state index >= 15 is 0 Å². The Kier molecular flexibility index (Phi) is 4.32. The van der Waals surface area contributed by atoms with E-state index in [0.29, 0.717) is 0 Å². The van der Waals surface area contributed by atoms with Crippen LogP contribution in [-0.4, -0.2) is 15.9 Å². The second-order valence-corrected chi connectivity index (χ2v) is 5.39. The Hall–Kier alpha value is -1.97. The van der Waals surface area contributed by atoms with E-state index in [-0.39, 0.29) is 12.1 Å². The fourth-order valence-corrected chi connectivity index (χ4v) is 2.26. The van der Waals surface area contributed by atoms with Gasteiger partial charge in [0.05, 0.1) is 17.8 Å². The van der Waals surface area contributed by atoms with Crippen molar-refractivity contribution in [3.05, 3.63) is 41.7 Å². The summed E-state index contributed by atoms with van der Waals surface area (Å²) in [5.74, 6) is 0.913. The van der Waals surface area contributed by atoms with Crippen molar-refractivity contribution < 1.29 is 4.74 Å². The zero-order chi connectivity index (χ0) is 14.7. The molecule has 0 spiro atoms. The van der Waals surface area contributed by atoms with E-state index in [1.807, 2.05) is 43.9 Å². The van der Waals surface area contributed by atoms with Crippen LogP contribution in [0.25, 0.3) is 0 Å². The molecule has 1 atom stereocenters. The molecule has 0 amide bonds. The lowest BCUT2D eigenvalue weighted by Crippen LogP contribution is -2.12. The van der Waals surface area contributed by atoms with E-state index in [2.05, 4.69) is 36.4 Å². The smallest absolute Gasteiger partial charge is 0.120 e. The topological polar surface area (TPSA) is 39.1 Å². The highest BCUT2D eigenvalue weighted by molar-refractivity contribution is 5.54. The molecule has 108 valence electrons. The molecule has 4 heteroatoms. The van der Waals surface area contributed by atoms with Crippen molar-refractivity contribution in [3.63, 3.8) is 0 Å². The molecular formula is C16H23N3O. The molecular weight excluding hydrogens is 250 g/mol. The number of nitrogens with zero attached hydrogens (tertiary/aromatic N) is 2. The first kappa shape index (κ1) is 14.4. The van der Waals surface area contributed by atoms with Crippen LogP contribution in [0.1, 0.15) is 38.1 Å². The average molecular weight is 273 g/mol. The fraction of sp³-hybridized carbons (Fsp3) is 0.438. The van der Waals surface area contributed by atoms with Crippen molar-refractivity contribution in [3.8, 4) is 5.75 Å². The molecule has 0 aliphatic carbocycles. The van der Waals surface area contributed by atoms with Crippen molar-refractivity contribution in [1.82, 2.24) is 9.78 Å². The van der Waals surface area contributed by atoms with E-state index < -0.39 is 0 Å². The molecule has 0 saturated carbocycles. The van der Waals surface area contributed by atoms with Crippen LogP contribution in [0, 0.1) is 6.92 Å². The number of hydrogen-bond donors (Lipinski definition) is 1. The molecule has 0 aliphatic rings. The highest BCUT2D eigenvalue weighted by atomic mass is 16.5. The number of anilines is 1. The number of hydrogen-bond acceptors (Lipinski definition) is 3. The molecule has 2 rings (SSSR count). The van der Waals surface area contributed by atoms with E-state index in [1.165, 1.54) is 5.56 Å². The minimum atomic E-state index is 0.196. The molecule has 1 unspecified atom stereocenters. The third kappa shape index (κ3) is 3.32. The Morgan fingerprint density at radius 1 is 1.20 bits per heavy atom. The van der Waals surface area contributed by atoms with Crippen molar-refractivity contribution >= 4 is 5.69 Å². The molecule has 0 saturated heterocycles. The van der Waals surface area contributed by atoms with Crippen LogP contribution in [0.4, 0.5) is 5.69 Å². The molecule has 0 fully saturated rings.